The fourth-order valence-electron chi connectivity index (χ4n) is 1.74. The van der Waals surface area contributed by atoms with Gasteiger partial charge in [-0.15, -0.1) is 0 Å². The quantitative estimate of drug-likeness (QED) is 0.840. The van der Waals surface area contributed by atoms with Crippen molar-refractivity contribution in [2.24, 2.45) is 0 Å². The average molecular weight is 281 g/mol. The number of nitrogen functional groups attached to an aromatic ring is 1. The highest BCUT2D eigenvalue weighted by Crippen LogP contribution is 2.28. The number of rotatable bonds is 4. The molecule has 0 saturated heterocycles. The highest BCUT2D eigenvalue weighted by atomic mass is 35.5. The molecule has 5 heteroatoms. The van der Waals surface area contributed by atoms with Gasteiger partial charge < -0.3 is 15.8 Å². The first-order valence-corrected chi connectivity index (χ1v) is 6.10. The smallest absolute Gasteiger partial charge is 0.144 e. The molecule has 0 saturated carbocycles. The molecular weight excluding hydrogens is 267 g/mol. The van der Waals surface area contributed by atoms with Crippen molar-refractivity contribution in [3.63, 3.8) is 0 Å². The van der Waals surface area contributed by atoms with E-state index in [1.165, 1.54) is 6.07 Å². The standard InChI is InChI=1S/C14H14ClFN2O/c1-19-14-7-9(17)5-6-13(14)18-8-10-11(15)3-2-4-12(10)16/h2-7,18H,8,17H2,1H3. The number of hydrogen-bond acceptors (Lipinski definition) is 3. The third-order valence-electron chi connectivity index (χ3n) is 2.74. The van der Waals surface area contributed by atoms with Crippen molar-refractivity contribution in [2.45, 2.75) is 6.54 Å². The van der Waals surface area contributed by atoms with Crippen molar-refractivity contribution < 1.29 is 9.13 Å². The summed E-state index contributed by atoms with van der Waals surface area (Å²) >= 11 is 5.96. The zero-order valence-electron chi connectivity index (χ0n) is 10.4. The van der Waals surface area contributed by atoms with Crippen LogP contribution in [0.1, 0.15) is 5.56 Å². The molecule has 0 heterocycles. The minimum Gasteiger partial charge on any atom is -0.495 e. The van der Waals surface area contributed by atoms with Gasteiger partial charge in [0.2, 0.25) is 0 Å². The Balaban J connectivity index is 2.19. The number of methoxy groups -OCH3 is 1. The summed E-state index contributed by atoms with van der Waals surface area (Å²) in [6, 6.07) is 9.83. The van der Waals surface area contributed by atoms with E-state index in [4.69, 9.17) is 22.1 Å². The molecule has 0 atom stereocenters. The van der Waals surface area contributed by atoms with Gasteiger partial charge in [-0.3, -0.25) is 0 Å². The average Bonchev–Trinajstić information content (AvgIpc) is 2.39. The minimum atomic E-state index is -0.339. The summed E-state index contributed by atoms with van der Waals surface area (Å²) in [5.41, 5.74) is 7.42. The monoisotopic (exact) mass is 280 g/mol. The molecule has 2 rings (SSSR count). The van der Waals surface area contributed by atoms with E-state index in [-0.39, 0.29) is 12.4 Å². The van der Waals surface area contributed by atoms with Gasteiger partial charge in [-0.1, -0.05) is 17.7 Å². The highest BCUT2D eigenvalue weighted by molar-refractivity contribution is 6.31. The first-order valence-electron chi connectivity index (χ1n) is 5.72. The Morgan fingerprint density at radius 1 is 1.32 bits per heavy atom. The molecule has 0 aromatic heterocycles. The number of nitrogens with two attached hydrogens (primary N) is 1. The second-order valence-corrected chi connectivity index (χ2v) is 4.42. The van der Waals surface area contributed by atoms with Crippen LogP contribution in [0.25, 0.3) is 0 Å². The second kappa shape index (κ2) is 5.80. The van der Waals surface area contributed by atoms with Crippen molar-refractivity contribution in [1.82, 2.24) is 0 Å². The van der Waals surface area contributed by atoms with Crippen molar-refractivity contribution in [3.8, 4) is 5.75 Å². The van der Waals surface area contributed by atoms with Crippen LogP contribution in [0.15, 0.2) is 36.4 Å². The van der Waals surface area contributed by atoms with Gasteiger partial charge in [0.05, 0.1) is 12.8 Å². The Morgan fingerprint density at radius 2 is 2.11 bits per heavy atom. The van der Waals surface area contributed by atoms with Crippen molar-refractivity contribution >= 4 is 23.0 Å². The molecule has 0 fully saturated rings. The topological polar surface area (TPSA) is 47.3 Å². The maximum atomic E-state index is 13.6. The third-order valence-corrected chi connectivity index (χ3v) is 3.10. The Hall–Kier alpha value is -1.94. The van der Waals surface area contributed by atoms with Gasteiger partial charge in [-0.25, -0.2) is 4.39 Å². The van der Waals surface area contributed by atoms with Gasteiger partial charge >= 0.3 is 0 Å². The fourth-order valence-corrected chi connectivity index (χ4v) is 1.97. The van der Waals surface area contributed by atoms with Crippen LogP contribution in [-0.2, 0) is 6.54 Å². The molecule has 0 aliphatic carbocycles. The number of ether oxygens (including phenoxy) is 1. The number of nitrogens with one attached hydrogen (secondary N) is 1. The van der Waals surface area contributed by atoms with E-state index in [0.717, 1.165) is 5.69 Å². The zero-order valence-corrected chi connectivity index (χ0v) is 11.2. The Bertz CT molecular complexity index is 569. The molecule has 3 nitrogen and oxygen atoms in total. The van der Waals surface area contributed by atoms with Gasteiger partial charge in [0.15, 0.2) is 0 Å². The molecule has 3 N–H and O–H groups in total. The summed E-state index contributed by atoms with van der Waals surface area (Å²) in [6.45, 7) is 0.270. The highest BCUT2D eigenvalue weighted by Gasteiger charge is 2.08. The number of anilines is 2. The number of halogens is 2. The summed E-state index contributed by atoms with van der Waals surface area (Å²) in [5, 5.41) is 3.48. The minimum absolute atomic E-state index is 0.270. The molecular formula is C14H14ClFN2O. The molecule has 0 spiro atoms. The molecule has 0 bridgehead atoms. The Morgan fingerprint density at radius 3 is 2.79 bits per heavy atom. The predicted molar refractivity (Wildman–Crippen MR) is 76.1 cm³/mol. The van der Waals surface area contributed by atoms with Gasteiger partial charge in [0.25, 0.3) is 0 Å². The van der Waals surface area contributed by atoms with Crippen LogP contribution in [0.2, 0.25) is 5.02 Å². The first kappa shape index (κ1) is 13.5. The van der Waals surface area contributed by atoms with Crippen molar-refractivity contribution in [3.05, 3.63) is 52.8 Å². The molecule has 2 aromatic carbocycles. The maximum Gasteiger partial charge on any atom is 0.144 e. The fraction of sp³-hybridized carbons (Fsp3) is 0.143. The summed E-state index contributed by atoms with van der Waals surface area (Å²) in [7, 11) is 1.55. The summed E-state index contributed by atoms with van der Waals surface area (Å²) < 4.78 is 18.8. The molecule has 2 aromatic rings. The zero-order chi connectivity index (χ0) is 13.8. The van der Waals surface area contributed by atoms with Crippen LogP contribution in [0, 0.1) is 5.82 Å². The molecule has 0 aliphatic rings. The van der Waals surface area contributed by atoms with Crippen molar-refractivity contribution in [1.29, 1.82) is 0 Å². The first-order chi connectivity index (χ1) is 9.11. The van der Waals surface area contributed by atoms with Crippen LogP contribution >= 0.6 is 11.6 Å². The van der Waals surface area contributed by atoms with Crippen molar-refractivity contribution in [2.75, 3.05) is 18.2 Å². The Labute approximate surface area is 116 Å². The molecule has 100 valence electrons. The van der Waals surface area contributed by atoms with E-state index in [2.05, 4.69) is 5.32 Å². The van der Waals surface area contributed by atoms with Crippen LogP contribution in [-0.4, -0.2) is 7.11 Å². The molecule has 19 heavy (non-hydrogen) atoms. The molecule has 0 amide bonds. The van der Waals surface area contributed by atoms with E-state index in [1.807, 2.05) is 0 Å². The normalized spacial score (nSPS) is 10.3. The summed E-state index contributed by atoms with van der Waals surface area (Å²) in [6.07, 6.45) is 0. The predicted octanol–water partition coefficient (Wildman–Crippen LogP) is 3.68. The van der Waals surface area contributed by atoms with Gasteiger partial charge in [0, 0.05) is 28.9 Å². The number of benzene rings is 2. The molecule has 0 aliphatic heterocycles. The lowest BCUT2D eigenvalue weighted by molar-refractivity contribution is 0.416. The van der Waals surface area contributed by atoms with E-state index in [1.54, 1.807) is 37.4 Å². The summed E-state index contributed by atoms with van der Waals surface area (Å²) in [4.78, 5) is 0. The van der Waals surface area contributed by atoms with Crippen LogP contribution < -0.4 is 15.8 Å². The summed E-state index contributed by atoms with van der Waals surface area (Å²) in [5.74, 6) is 0.266. The van der Waals surface area contributed by atoms with Gasteiger partial charge in [-0.05, 0) is 24.3 Å². The lowest BCUT2D eigenvalue weighted by Crippen LogP contribution is -2.04. The van der Waals surface area contributed by atoms with Crippen LogP contribution in [0.5, 0.6) is 5.75 Å². The van der Waals surface area contributed by atoms with Crippen LogP contribution in [0.3, 0.4) is 0 Å². The van der Waals surface area contributed by atoms with E-state index >= 15 is 0 Å². The second-order valence-electron chi connectivity index (χ2n) is 4.01. The molecule has 0 radical (unpaired) electrons. The largest absolute Gasteiger partial charge is 0.495 e. The number of hydrogen-bond donors (Lipinski definition) is 2. The van der Waals surface area contributed by atoms with Gasteiger partial charge in [0.1, 0.15) is 11.6 Å². The van der Waals surface area contributed by atoms with E-state index in [9.17, 15) is 4.39 Å². The van der Waals surface area contributed by atoms with Crippen LogP contribution in [0.4, 0.5) is 15.8 Å². The lowest BCUT2D eigenvalue weighted by Gasteiger charge is -2.13. The van der Waals surface area contributed by atoms with E-state index < -0.39 is 0 Å². The lowest BCUT2D eigenvalue weighted by atomic mass is 10.2. The third kappa shape index (κ3) is 3.09. The SMILES string of the molecule is COc1cc(N)ccc1NCc1c(F)cccc1Cl. The van der Waals surface area contributed by atoms with Gasteiger partial charge in [-0.2, -0.15) is 0 Å². The van der Waals surface area contributed by atoms with E-state index in [0.29, 0.717) is 22.0 Å². The Kier molecular flexibility index (Phi) is 4.12. The maximum absolute atomic E-state index is 13.6. The molecule has 0 unspecified atom stereocenters.